The molecule has 0 spiro atoms. The summed E-state index contributed by atoms with van der Waals surface area (Å²) in [5.41, 5.74) is 1.24. The van der Waals surface area contributed by atoms with E-state index in [1.807, 2.05) is 0 Å². The number of nitro benzene ring substituents is 1. The minimum Gasteiger partial charge on any atom is -0.323 e. The normalized spacial score (nSPS) is 15.3. The number of fused-ring (bicyclic) bond motifs is 1. The highest BCUT2D eigenvalue weighted by molar-refractivity contribution is 7.80. The maximum absolute atomic E-state index is 12.4. The number of hydrogen-bond donors (Lipinski definition) is 2. The van der Waals surface area contributed by atoms with Crippen molar-refractivity contribution in [1.29, 1.82) is 5.26 Å². The van der Waals surface area contributed by atoms with E-state index in [4.69, 9.17) is 12.2 Å². The third-order valence-corrected chi connectivity index (χ3v) is 5.80. The van der Waals surface area contributed by atoms with Gasteiger partial charge in [-0.3, -0.25) is 20.2 Å². The van der Waals surface area contributed by atoms with Crippen LogP contribution in [0.5, 0.6) is 0 Å². The van der Waals surface area contributed by atoms with Gasteiger partial charge in [-0.25, -0.2) is 0 Å². The van der Waals surface area contributed by atoms with Gasteiger partial charge in [-0.1, -0.05) is 19.1 Å². The van der Waals surface area contributed by atoms with Crippen LogP contribution in [0.15, 0.2) is 24.3 Å². The van der Waals surface area contributed by atoms with Crippen molar-refractivity contribution in [3.63, 3.8) is 0 Å². The van der Waals surface area contributed by atoms with Crippen LogP contribution in [0.3, 0.4) is 0 Å². The fourth-order valence-electron chi connectivity index (χ4n) is 3.09. The zero-order chi connectivity index (χ0) is 19.6. The molecule has 1 aliphatic rings. The number of nitrogens with zero attached hydrogens (tertiary/aromatic N) is 2. The molecule has 9 heteroatoms. The summed E-state index contributed by atoms with van der Waals surface area (Å²) in [6.07, 6.45) is 2.81. The average molecular weight is 400 g/mol. The van der Waals surface area contributed by atoms with Crippen molar-refractivity contribution in [1.82, 2.24) is 5.32 Å². The molecule has 2 N–H and O–H groups in total. The molecular weight excluding hydrogens is 384 g/mol. The number of hydrogen-bond acceptors (Lipinski definition) is 6. The van der Waals surface area contributed by atoms with E-state index in [1.165, 1.54) is 34.4 Å². The third kappa shape index (κ3) is 3.97. The Kier molecular flexibility index (Phi) is 5.48. The Hall–Kier alpha value is -2.83. The molecule has 0 unspecified atom stereocenters. The Bertz CT molecular complexity index is 977. The number of benzene rings is 1. The van der Waals surface area contributed by atoms with E-state index in [-0.39, 0.29) is 16.4 Å². The molecule has 1 aromatic heterocycles. The molecule has 138 valence electrons. The van der Waals surface area contributed by atoms with Crippen molar-refractivity contribution in [3.8, 4) is 6.07 Å². The Morgan fingerprint density at radius 2 is 2.19 bits per heavy atom. The maximum Gasteiger partial charge on any atom is 0.282 e. The molecule has 27 heavy (non-hydrogen) atoms. The van der Waals surface area contributed by atoms with Crippen molar-refractivity contribution in [2.45, 2.75) is 26.2 Å². The molecule has 0 saturated carbocycles. The molecule has 0 fully saturated rings. The highest BCUT2D eigenvalue weighted by Gasteiger charge is 2.25. The summed E-state index contributed by atoms with van der Waals surface area (Å²) < 4.78 is 0. The molecule has 1 aromatic carbocycles. The minimum atomic E-state index is -0.673. The average Bonchev–Trinajstić information content (AvgIpc) is 2.97. The summed E-state index contributed by atoms with van der Waals surface area (Å²) in [5.74, 6) is -0.103. The maximum atomic E-state index is 12.4. The standard InChI is InChI=1S/C18H16N4O3S2/c1-10-6-7-11-13(9-19)17(27-15(11)8-10)21-18(26)20-16(23)12-4-2-3-5-14(12)22(24)25/h2-5,10H,6-8H2,1H3,(H2,20,21,23,26)/t10-/m0/s1. The topological polar surface area (TPSA) is 108 Å². The van der Waals surface area contributed by atoms with Crippen LogP contribution in [0, 0.1) is 27.4 Å². The highest BCUT2D eigenvalue weighted by Crippen LogP contribution is 2.39. The molecule has 1 heterocycles. The fraction of sp³-hybridized carbons (Fsp3) is 0.278. The lowest BCUT2D eigenvalue weighted by atomic mass is 9.89. The largest absolute Gasteiger partial charge is 0.323 e. The fourth-order valence-corrected chi connectivity index (χ4v) is 4.71. The first kappa shape index (κ1) is 18.9. The summed E-state index contributed by atoms with van der Waals surface area (Å²) >= 11 is 6.65. The van der Waals surface area contributed by atoms with E-state index in [0.717, 1.165) is 24.8 Å². The van der Waals surface area contributed by atoms with Gasteiger partial charge < -0.3 is 5.32 Å². The van der Waals surface area contributed by atoms with Crippen LogP contribution in [0.4, 0.5) is 10.7 Å². The minimum absolute atomic E-state index is 0.00120. The SMILES string of the molecule is C[C@H]1CCc2c(sc(NC(=S)NC(=O)c3ccccc3[N+](=O)[O-])c2C#N)C1. The first-order chi connectivity index (χ1) is 12.9. The summed E-state index contributed by atoms with van der Waals surface area (Å²) in [6, 6.07) is 7.87. The van der Waals surface area contributed by atoms with Crippen molar-refractivity contribution >= 4 is 45.3 Å². The molecule has 0 aliphatic heterocycles. The number of anilines is 1. The van der Waals surface area contributed by atoms with Crippen LogP contribution in [-0.2, 0) is 12.8 Å². The van der Waals surface area contributed by atoms with Crippen molar-refractivity contribution in [2.24, 2.45) is 5.92 Å². The predicted molar refractivity (Wildman–Crippen MR) is 107 cm³/mol. The lowest BCUT2D eigenvalue weighted by Gasteiger charge is -2.17. The number of nitriles is 1. The molecule has 2 aromatic rings. The quantitative estimate of drug-likeness (QED) is 0.461. The highest BCUT2D eigenvalue weighted by atomic mass is 32.1. The number of thiophene rings is 1. The lowest BCUT2D eigenvalue weighted by Crippen LogP contribution is -2.34. The lowest BCUT2D eigenvalue weighted by molar-refractivity contribution is -0.385. The third-order valence-electron chi connectivity index (χ3n) is 4.42. The van der Waals surface area contributed by atoms with Gasteiger partial charge in [0.2, 0.25) is 0 Å². The van der Waals surface area contributed by atoms with Crippen molar-refractivity contribution < 1.29 is 9.72 Å². The molecular formula is C18H16N4O3S2. The van der Waals surface area contributed by atoms with E-state index >= 15 is 0 Å². The second-order valence-electron chi connectivity index (χ2n) is 6.35. The molecule has 1 aliphatic carbocycles. The van der Waals surface area contributed by atoms with Crippen LogP contribution in [0.1, 0.15) is 39.7 Å². The monoisotopic (exact) mass is 400 g/mol. The van der Waals surface area contributed by atoms with Gasteiger partial charge in [-0.15, -0.1) is 11.3 Å². The zero-order valence-electron chi connectivity index (χ0n) is 14.4. The van der Waals surface area contributed by atoms with Crippen molar-refractivity contribution in [2.75, 3.05) is 5.32 Å². The first-order valence-corrected chi connectivity index (χ1v) is 9.53. The van der Waals surface area contributed by atoms with Gasteiger partial charge in [0, 0.05) is 10.9 Å². The molecule has 0 saturated heterocycles. The number of carbonyl (C=O) groups excluding carboxylic acids is 1. The van der Waals surface area contributed by atoms with E-state index in [2.05, 4.69) is 23.6 Å². The molecule has 1 amide bonds. The summed E-state index contributed by atoms with van der Waals surface area (Å²) in [7, 11) is 0. The number of para-hydroxylation sites is 1. The zero-order valence-corrected chi connectivity index (χ0v) is 16.1. The van der Waals surface area contributed by atoms with Crippen LogP contribution in [0.2, 0.25) is 0 Å². The van der Waals surface area contributed by atoms with Crippen LogP contribution >= 0.6 is 23.6 Å². The van der Waals surface area contributed by atoms with Gasteiger partial charge >= 0.3 is 0 Å². The summed E-state index contributed by atoms with van der Waals surface area (Å²) in [5, 5.41) is 26.5. The Morgan fingerprint density at radius 3 is 2.89 bits per heavy atom. The molecule has 0 bridgehead atoms. The van der Waals surface area contributed by atoms with Gasteiger partial charge in [0.25, 0.3) is 11.6 Å². The number of nitro groups is 1. The summed E-state index contributed by atoms with van der Waals surface area (Å²) in [4.78, 5) is 24.0. The Morgan fingerprint density at radius 1 is 1.44 bits per heavy atom. The van der Waals surface area contributed by atoms with E-state index in [9.17, 15) is 20.2 Å². The Balaban J connectivity index is 1.77. The second-order valence-corrected chi connectivity index (χ2v) is 7.86. The molecule has 3 rings (SSSR count). The second kappa shape index (κ2) is 7.82. The van der Waals surface area contributed by atoms with E-state index < -0.39 is 10.8 Å². The smallest absolute Gasteiger partial charge is 0.282 e. The van der Waals surface area contributed by atoms with Crippen molar-refractivity contribution in [3.05, 3.63) is 55.9 Å². The Labute approximate surface area is 165 Å². The van der Waals surface area contributed by atoms with Crippen LogP contribution in [-0.4, -0.2) is 15.9 Å². The number of rotatable bonds is 3. The van der Waals surface area contributed by atoms with E-state index in [0.29, 0.717) is 16.5 Å². The molecule has 1 atom stereocenters. The number of carbonyl (C=O) groups is 1. The van der Waals surface area contributed by atoms with Gasteiger partial charge in [0.05, 0.1) is 10.5 Å². The van der Waals surface area contributed by atoms with Gasteiger partial charge in [-0.2, -0.15) is 5.26 Å². The van der Waals surface area contributed by atoms with Gasteiger partial charge in [0.1, 0.15) is 16.6 Å². The predicted octanol–water partition coefficient (Wildman–Crippen LogP) is 3.78. The number of amides is 1. The first-order valence-electron chi connectivity index (χ1n) is 8.31. The van der Waals surface area contributed by atoms with Crippen LogP contribution in [0.25, 0.3) is 0 Å². The number of thiocarbonyl (C=S) groups is 1. The van der Waals surface area contributed by atoms with Gasteiger partial charge in [-0.05, 0) is 49.0 Å². The van der Waals surface area contributed by atoms with Gasteiger partial charge in [0.15, 0.2) is 5.11 Å². The van der Waals surface area contributed by atoms with E-state index in [1.54, 1.807) is 6.07 Å². The number of nitrogens with one attached hydrogen (secondary N) is 2. The van der Waals surface area contributed by atoms with Crippen LogP contribution < -0.4 is 10.6 Å². The molecule has 0 radical (unpaired) electrons. The summed E-state index contributed by atoms with van der Waals surface area (Å²) in [6.45, 7) is 2.18. The molecule has 7 nitrogen and oxygen atoms in total.